The zero-order chi connectivity index (χ0) is 29.6. The van der Waals surface area contributed by atoms with Gasteiger partial charge in [0.1, 0.15) is 17.6 Å². The van der Waals surface area contributed by atoms with E-state index in [0.717, 1.165) is 25.9 Å². The quantitative estimate of drug-likeness (QED) is 0.169. The molecule has 6 atom stereocenters. The van der Waals surface area contributed by atoms with Gasteiger partial charge >= 0.3 is 5.97 Å². The van der Waals surface area contributed by atoms with Gasteiger partial charge in [0.2, 0.25) is 11.8 Å². The third kappa shape index (κ3) is 6.12. The minimum absolute atomic E-state index is 0.0388. The summed E-state index contributed by atoms with van der Waals surface area (Å²) in [6.45, 7) is 16.8. The first-order valence-corrected chi connectivity index (χ1v) is 15.3. The van der Waals surface area contributed by atoms with Crippen molar-refractivity contribution in [3.05, 3.63) is 25.3 Å². The van der Waals surface area contributed by atoms with Crippen molar-refractivity contribution in [3.63, 3.8) is 0 Å². The Morgan fingerprint density at radius 3 is 2.59 bits per heavy atom. The topological polar surface area (TPSA) is 109 Å². The number of allylic oxidation sites excluding steroid dienone is 1. The molecule has 41 heavy (non-hydrogen) atoms. The monoisotopic (exact) mass is 575 g/mol. The summed E-state index contributed by atoms with van der Waals surface area (Å²) in [5.74, 6) is -2.38. The van der Waals surface area contributed by atoms with Gasteiger partial charge in [0.05, 0.1) is 31.3 Å². The van der Waals surface area contributed by atoms with Crippen LogP contribution >= 0.6 is 0 Å². The normalized spacial score (nSPS) is 32.7. The van der Waals surface area contributed by atoms with Crippen molar-refractivity contribution in [2.45, 2.75) is 69.6 Å². The van der Waals surface area contributed by atoms with Crippen molar-refractivity contribution in [2.75, 3.05) is 65.7 Å². The second kappa shape index (κ2) is 13.8. The summed E-state index contributed by atoms with van der Waals surface area (Å²) in [5.41, 5.74) is -1.99. The molecule has 4 aliphatic heterocycles. The summed E-state index contributed by atoms with van der Waals surface area (Å²) >= 11 is 0. The molecule has 1 spiro atoms. The highest BCUT2D eigenvalue weighted by molar-refractivity contribution is 5.98. The first kappa shape index (κ1) is 31.7. The van der Waals surface area contributed by atoms with E-state index in [-0.39, 0.29) is 30.9 Å². The number of rotatable bonds is 16. The highest BCUT2D eigenvalue weighted by Crippen LogP contribution is 2.65. The van der Waals surface area contributed by atoms with E-state index in [9.17, 15) is 19.5 Å². The Bertz CT molecular complexity index is 969. The number of ether oxygens (including phenoxy) is 3. The Kier molecular flexibility index (Phi) is 10.7. The number of hydrogen-bond donors (Lipinski definition) is 1. The molecule has 4 saturated heterocycles. The molecule has 2 bridgehead atoms. The largest absolute Gasteiger partial charge is 0.465 e. The number of carbonyl (C=O) groups is 3. The lowest BCUT2D eigenvalue weighted by Gasteiger charge is -2.38. The van der Waals surface area contributed by atoms with Crippen LogP contribution in [0.5, 0.6) is 0 Å². The van der Waals surface area contributed by atoms with Gasteiger partial charge < -0.3 is 29.1 Å². The molecule has 2 amide bonds. The predicted octanol–water partition coefficient (Wildman–Crippen LogP) is 2.02. The lowest BCUT2D eigenvalue weighted by Crippen LogP contribution is -2.57. The number of nitrogens with zero attached hydrogens (tertiary/aromatic N) is 3. The zero-order valence-electron chi connectivity index (χ0n) is 24.9. The van der Waals surface area contributed by atoms with E-state index in [1.165, 1.54) is 0 Å². The molecule has 3 unspecified atom stereocenters. The van der Waals surface area contributed by atoms with Crippen LogP contribution in [0.4, 0.5) is 0 Å². The summed E-state index contributed by atoms with van der Waals surface area (Å²) in [5, 5.41) is 9.28. The molecule has 4 rings (SSSR count). The van der Waals surface area contributed by atoms with E-state index in [1.54, 1.807) is 22.0 Å². The van der Waals surface area contributed by atoms with Gasteiger partial charge in [-0.1, -0.05) is 19.1 Å². The third-order valence-corrected chi connectivity index (χ3v) is 9.61. The van der Waals surface area contributed by atoms with Crippen molar-refractivity contribution < 1.29 is 33.7 Å². The summed E-state index contributed by atoms with van der Waals surface area (Å²) in [6, 6.07) is -0.832. The van der Waals surface area contributed by atoms with E-state index < -0.39 is 35.0 Å². The fourth-order valence-electron chi connectivity index (χ4n) is 7.38. The van der Waals surface area contributed by atoms with E-state index in [4.69, 9.17) is 14.2 Å². The third-order valence-electron chi connectivity index (χ3n) is 9.61. The summed E-state index contributed by atoms with van der Waals surface area (Å²) in [4.78, 5) is 48.1. The van der Waals surface area contributed by atoms with Crippen molar-refractivity contribution >= 4 is 17.8 Å². The van der Waals surface area contributed by atoms with Crippen LogP contribution in [-0.2, 0) is 28.6 Å². The number of esters is 1. The molecule has 0 aromatic rings. The van der Waals surface area contributed by atoms with E-state index in [0.29, 0.717) is 65.1 Å². The summed E-state index contributed by atoms with van der Waals surface area (Å²) in [6.07, 6.45) is 7.43. The maximum absolute atomic E-state index is 14.5. The van der Waals surface area contributed by atoms with Crippen LogP contribution in [0.2, 0.25) is 0 Å². The number of hydrogen-bond acceptors (Lipinski definition) is 8. The second-order valence-corrected chi connectivity index (χ2v) is 12.1. The second-order valence-electron chi connectivity index (χ2n) is 12.1. The Morgan fingerprint density at radius 1 is 1.15 bits per heavy atom. The number of unbranched alkanes of at least 4 members (excludes halogenated alkanes) is 3. The molecular weight excluding hydrogens is 526 g/mol. The number of likely N-dealkylation sites (tertiary alicyclic amines) is 1. The van der Waals surface area contributed by atoms with Gasteiger partial charge in [0, 0.05) is 45.9 Å². The summed E-state index contributed by atoms with van der Waals surface area (Å²) in [7, 11) is 0. The van der Waals surface area contributed by atoms with E-state index in [2.05, 4.69) is 18.1 Å². The molecule has 0 radical (unpaired) electrons. The average Bonchev–Trinajstić information content (AvgIpc) is 3.48. The lowest BCUT2D eigenvalue weighted by molar-refractivity contribution is -0.162. The maximum Gasteiger partial charge on any atom is 0.312 e. The molecule has 4 heterocycles. The Balaban J connectivity index is 1.63. The molecule has 4 aliphatic rings. The zero-order valence-corrected chi connectivity index (χ0v) is 24.9. The van der Waals surface area contributed by atoms with Gasteiger partial charge in [-0.2, -0.15) is 0 Å². The minimum atomic E-state index is -1.09. The molecule has 0 aromatic carbocycles. The van der Waals surface area contributed by atoms with Gasteiger partial charge in [0.15, 0.2) is 0 Å². The van der Waals surface area contributed by atoms with Gasteiger partial charge in [-0.3, -0.25) is 19.3 Å². The molecule has 10 heteroatoms. The molecule has 0 saturated carbocycles. The fourth-order valence-corrected chi connectivity index (χ4v) is 7.38. The fraction of sp³-hybridized carbons (Fsp3) is 0.774. The van der Waals surface area contributed by atoms with Gasteiger partial charge in [-0.05, 0) is 51.4 Å². The Morgan fingerprint density at radius 2 is 1.90 bits per heavy atom. The van der Waals surface area contributed by atoms with Crippen molar-refractivity contribution in [3.8, 4) is 0 Å². The Hall–Kier alpha value is -2.27. The van der Waals surface area contributed by atoms with Crippen LogP contribution in [0.25, 0.3) is 0 Å². The standard InChI is InChI=1S/C31H49N3O7/c1-5-7-11-19-40-29(38)25-24-27(36)34(13-9-8-10-18-35)26(31(24)22-23(3)30(25,4)41-31)28(37)33(12-6-2)15-14-32-16-20-39-21-17-32/h5-6,23-26,35H,1-2,7-22H2,3-4H3/t23?,24-,25-,26?,30+,31?/m0/s1. The average molecular weight is 576 g/mol. The van der Waals surface area contributed by atoms with E-state index in [1.807, 2.05) is 13.8 Å². The van der Waals surface area contributed by atoms with Crippen LogP contribution in [0.3, 0.4) is 0 Å². The van der Waals surface area contributed by atoms with Crippen molar-refractivity contribution in [1.82, 2.24) is 14.7 Å². The number of amides is 2. The van der Waals surface area contributed by atoms with Crippen LogP contribution in [0.15, 0.2) is 25.3 Å². The lowest BCUT2D eigenvalue weighted by atomic mass is 9.62. The van der Waals surface area contributed by atoms with Gasteiger partial charge in [-0.25, -0.2) is 0 Å². The van der Waals surface area contributed by atoms with Gasteiger partial charge in [-0.15, -0.1) is 13.2 Å². The van der Waals surface area contributed by atoms with Crippen molar-refractivity contribution in [2.24, 2.45) is 17.8 Å². The minimum Gasteiger partial charge on any atom is -0.465 e. The molecule has 0 aliphatic carbocycles. The SMILES string of the molecule is C=CCCCOC(=O)[C@@H]1[C@H]2C(=O)N(CCCCCO)C(C(=O)N(CC=C)CCN3CCOCC3)C23CC(C)[C@@]1(C)O3. The Labute approximate surface area is 244 Å². The highest BCUT2D eigenvalue weighted by Gasteiger charge is 2.80. The first-order valence-electron chi connectivity index (χ1n) is 15.3. The van der Waals surface area contributed by atoms with Crippen LogP contribution in [0, 0.1) is 17.8 Å². The number of carbonyl (C=O) groups excluding carboxylic acids is 3. The molecule has 0 aromatic heterocycles. The number of morpholine rings is 1. The van der Waals surface area contributed by atoms with Crippen molar-refractivity contribution in [1.29, 1.82) is 0 Å². The van der Waals surface area contributed by atoms with Crippen LogP contribution < -0.4 is 0 Å². The molecular formula is C31H49N3O7. The highest BCUT2D eigenvalue weighted by atomic mass is 16.6. The molecule has 10 nitrogen and oxygen atoms in total. The molecule has 4 fully saturated rings. The molecule has 1 N–H and O–H groups in total. The summed E-state index contributed by atoms with van der Waals surface area (Å²) < 4.78 is 18.0. The smallest absolute Gasteiger partial charge is 0.312 e. The van der Waals surface area contributed by atoms with Crippen LogP contribution in [-0.4, -0.2) is 121 Å². The number of aliphatic hydroxyl groups excluding tert-OH is 1. The number of aliphatic hydroxyl groups is 1. The van der Waals surface area contributed by atoms with Crippen LogP contribution in [0.1, 0.15) is 52.4 Å². The van der Waals surface area contributed by atoms with E-state index >= 15 is 0 Å². The molecule has 230 valence electrons. The maximum atomic E-state index is 14.5. The first-order chi connectivity index (χ1) is 19.7. The predicted molar refractivity (Wildman–Crippen MR) is 154 cm³/mol. The van der Waals surface area contributed by atoms with Gasteiger partial charge in [0.25, 0.3) is 0 Å². The number of fused-ring (bicyclic) bond motifs is 1.